The molecule has 1 aliphatic heterocycles. The number of nitrogens with zero attached hydrogens (tertiary/aromatic N) is 2. The smallest absolute Gasteiger partial charge is 0.335 e. The summed E-state index contributed by atoms with van der Waals surface area (Å²) < 4.78 is 7.22. The van der Waals surface area contributed by atoms with E-state index >= 15 is 0 Å². The van der Waals surface area contributed by atoms with Crippen LogP contribution in [0.3, 0.4) is 0 Å². The predicted octanol–water partition coefficient (Wildman–Crippen LogP) is 1.77. The number of hydrogen-bond donors (Lipinski definition) is 1. The van der Waals surface area contributed by atoms with Gasteiger partial charge in [0.05, 0.1) is 17.7 Å². The first-order valence-corrected chi connectivity index (χ1v) is 6.00. The number of aromatic nitrogens is 2. The molecule has 1 unspecified atom stereocenters. The standard InChI is InChI=1S/C13H14N2O3/c16-13(17)10-1-2-12-11(5-10)7-15(14-12)6-9-3-4-18-8-9/h1-2,5,7,9H,3-4,6,8H2,(H,16,17). The van der Waals surface area contributed by atoms with E-state index < -0.39 is 5.97 Å². The molecule has 0 radical (unpaired) electrons. The van der Waals surface area contributed by atoms with Crippen LogP contribution in [0.25, 0.3) is 10.9 Å². The van der Waals surface area contributed by atoms with Crippen molar-refractivity contribution in [3.8, 4) is 0 Å². The molecule has 2 aromatic rings. The highest BCUT2D eigenvalue weighted by atomic mass is 16.5. The Kier molecular flexibility index (Phi) is 2.76. The molecule has 5 heteroatoms. The minimum absolute atomic E-state index is 0.297. The molecule has 0 saturated carbocycles. The topological polar surface area (TPSA) is 64.3 Å². The highest BCUT2D eigenvalue weighted by Crippen LogP contribution is 2.18. The number of carbonyl (C=O) groups is 1. The average Bonchev–Trinajstić information content (AvgIpc) is 2.96. The molecule has 0 spiro atoms. The molecular formula is C13H14N2O3. The van der Waals surface area contributed by atoms with Crippen molar-refractivity contribution >= 4 is 16.9 Å². The van der Waals surface area contributed by atoms with Gasteiger partial charge in [0.2, 0.25) is 0 Å². The van der Waals surface area contributed by atoms with Crippen LogP contribution in [0.5, 0.6) is 0 Å². The van der Waals surface area contributed by atoms with Gasteiger partial charge in [0.25, 0.3) is 0 Å². The van der Waals surface area contributed by atoms with Gasteiger partial charge in [-0.2, -0.15) is 5.10 Å². The summed E-state index contributed by atoms with van der Waals surface area (Å²) >= 11 is 0. The number of rotatable bonds is 3. The number of aromatic carboxylic acids is 1. The van der Waals surface area contributed by atoms with Gasteiger partial charge in [-0.25, -0.2) is 4.79 Å². The van der Waals surface area contributed by atoms with E-state index in [1.54, 1.807) is 18.2 Å². The quantitative estimate of drug-likeness (QED) is 0.896. The lowest BCUT2D eigenvalue weighted by Gasteiger charge is -2.06. The highest BCUT2D eigenvalue weighted by Gasteiger charge is 2.16. The Morgan fingerprint density at radius 1 is 1.56 bits per heavy atom. The molecule has 3 rings (SSSR count). The van der Waals surface area contributed by atoms with Crippen molar-refractivity contribution < 1.29 is 14.6 Å². The largest absolute Gasteiger partial charge is 0.478 e. The van der Waals surface area contributed by atoms with E-state index in [2.05, 4.69) is 5.10 Å². The Labute approximate surface area is 104 Å². The molecule has 0 amide bonds. The number of benzene rings is 1. The summed E-state index contributed by atoms with van der Waals surface area (Å²) in [6.07, 6.45) is 2.97. The van der Waals surface area contributed by atoms with E-state index in [4.69, 9.17) is 9.84 Å². The third-order valence-corrected chi connectivity index (χ3v) is 3.27. The van der Waals surface area contributed by atoms with Crippen LogP contribution in [0.2, 0.25) is 0 Å². The molecule has 94 valence electrons. The molecule has 1 atom stereocenters. The molecule has 18 heavy (non-hydrogen) atoms. The number of ether oxygens (including phenoxy) is 1. The van der Waals surface area contributed by atoms with E-state index in [0.29, 0.717) is 11.5 Å². The fourth-order valence-corrected chi connectivity index (χ4v) is 2.30. The Hall–Kier alpha value is -1.88. The lowest BCUT2D eigenvalue weighted by molar-refractivity contribution is 0.0697. The van der Waals surface area contributed by atoms with Gasteiger partial charge < -0.3 is 9.84 Å². The average molecular weight is 246 g/mol. The van der Waals surface area contributed by atoms with Crippen molar-refractivity contribution in [1.82, 2.24) is 9.78 Å². The maximum Gasteiger partial charge on any atom is 0.335 e. The summed E-state index contributed by atoms with van der Waals surface area (Å²) in [6, 6.07) is 4.99. The van der Waals surface area contributed by atoms with Crippen LogP contribution in [-0.2, 0) is 11.3 Å². The number of fused-ring (bicyclic) bond motifs is 1. The van der Waals surface area contributed by atoms with Gasteiger partial charge >= 0.3 is 5.97 Å². The van der Waals surface area contributed by atoms with Crippen molar-refractivity contribution in [1.29, 1.82) is 0 Å². The molecule has 0 aliphatic carbocycles. The zero-order valence-electron chi connectivity index (χ0n) is 9.87. The van der Waals surface area contributed by atoms with Crippen LogP contribution in [0.15, 0.2) is 24.4 Å². The van der Waals surface area contributed by atoms with Gasteiger partial charge in [-0.05, 0) is 24.6 Å². The molecule has 5 nitrogen and oxygen atoms in total. The third kappa shape index (κ3) is 2.09. The van der Waals surface area contributed by atoms with E-state index in [1.807, 2.05) is 10.9 Å². The first-order valence-electron chi connectivity index (χ1n) is 6.00. The number of hydrogen-bond acceptors (Lipinski definition) is 3. The fraction of sp³-hybridized carbons (Fsp3) is 0.385. The Morgan fingerprint density at radius 3 is 3.17 bits per heavy atom. The summed E-state index contributed by atoms with van der Waals surface area (Å²) in [5.41, 5.74) is 1.13. The zero-order chi connectivity index (χ0) is 12.5. The van der Waals surface area contributed by atoms with Crippen LogP contribution >= 0.6 is 0 Å². The third-order valence-electron chi connectivity index (χ3n) is 3.27. The van der Waals surface area contributed by atoms with Crippen LogP contribution in [-0.4, -0.2) is 34.1 Å². The Balaban J connectivity index is 1.87. The van der Waals surface area contributed by atoms with Gasteiger partial charge in [0.1, 0.15) is 0 Å². The van der Waals surface area contributed by atoms with Crippen molar-refractivity contribution in [3.63, 3.8) is 0 Å². The van der Waals surface area contributed by atoms with Crippen molar-refractivity contribution in [3.05, 3.63) is 30.0 Å². The van der Waals surface area contributed by atoms with Gasteiger partial charge in [0.15, 0.2) is 0 Å². The second-order valence-electron chi connectivity index (χ2n) is 4.66. The number of carboxylic acid groups (broad SMARTS) is 1. The molecule has 1 N–H and O–H groups in total. The zero-order valence-corrected chi connectivity index (χ0v) is 9.87. The van der Waals surface area contributed by atoms with E-state index in [0.717, 1.165) is 37.1 Å². The van der Waals surface area contributed by atoms with Crippen molar-refractivity contribution in [2.45, 2.75) is 13.0 Å². The SMILES string of the molecule is O=C(O)c1ccc2nn(CC3CCOC3)cc2c1. The molecular weight excluding hydrogens is 232 g/mol. The number of carboxylic acids is 1. The maximum absolute atomic E-state index is 10.9. The lowest BCUT2D eigenvalue weighted by Crippen LogP contribution is -2.10. The van der Waals surface area contributed by atoms with Crippen molar-refractivity contribution in [2.24, 2.45) is 5.92 Å². The van der Waals surface area contributed by atoms with Gasteiger partial charge in [-0.3, -0.25) is 4.68 Å². The minimum atomic E-state index is -0.908. The lowest BCUT2D eigenvalue weighted by atomic mass is 10.1. The van der Waals surface area contributed by atoms with Crippen LogP contribution in [0, 0.1) is 5.92 Å². The summed E-state index contributed by atoms with van der Waals surface area (Å²) in [5, 5.41) is 14.3. The second-order valence-corrected chi connectivity index (χ2v) is 4.66. The molecule has 1 aromatic carbocycles. The van der Waals surface area contributed by atoms with Gasteiger partial charge in [-0.15, -0.1) is 0 Å². The van der Waals surface area contributed by atoms with E-state index in [1.165, 1.54) is 0 Å². The highest BCUT2D eigenvalue weighted by molar-refractivity contribution is 5.93. The Morgan fingerprint density at radius 2 is 2.44 bits per heavy atom. The summed E-state index contributed by atoms with van der Waals surface area (Å²) in [7, 11) is 0. The van der Waals surface area contributed by atoms with Crippen LogP contribution in [0.1, 0.15) is 16.8 Å². The molecule has 1 saturated heterocycles. The molecule has 1 fully saturated rings. The summed E-state index contributed by atoms with van der Waals surface area (Å²) in [5.74, 6) is -0.396. The summed E-state index contributed by atoms with van der Waals surface area (Å²) in [6.45, 7) is 2.45. The minimum Gasteiger partial charge on any atom is -0.478 e. The molecule has 2 heterocycles. The normalized spacial score (nSPS) is 19.4. The maximum atomic E-state index is 10.9. The first-order chi connectivity index (χ1) is 8.72. The van der Waals surface area contributed by atoms with Gasteiger partial charge in [0, 0.05) is 30.7 Å². The monoisotopic (exact) mass is 246 g/mol. The second kappa shape index (κ2) is 4.42. The summed E-state index contributed by atoms with van der Waals surface area (Å²) in [4.78, 5) is 10.9. The van der Waals surface area contributed by atoms with E-state index in [-0.39, 0.29) is 0 Å². The molecule has 1 aliphatic rings. The van der Waals surface area contributed by atoms with Crippen molar-refractivity contribution in [2.75, 3.05) is 13.2 Å². The van der Waals surface area contributed by atoms with E-state index in [9.17, 15) is 4.79 Å². The van der Waals surface area contributed by atoms with Crippen LogP contribution < -0.4 is 0 Å². The Bertz CT molecular complexity index is 585. The van der Waals surface area contributed by atoms with Crippen LogP contribution in [0.4, 0.5) is 0 Å². The molecule has 1 aromatic heterocycles. The fourth-order valence-electron chi connectivity index (χ4n) is 2.30. The predicted molar refractivity (Wildman–Crippen MR) is 65.6 cm³/mol. The van der Waals surface area contributed by atoms with Gasteiger partial charge in [-0.1, -0.05) is 0 Å². The molecule has 0 bridgehead atoms. The first kappa shape index (κ1) is 11.2.